The van der Waals surface area contributed by atoms with Crippen molar-refractivity contribution in [1.82, 2.24) is 19.1 Å². The van der Waals surface area contributed by atoms with Crippen molar-refractivity contribution in [3.63, 3.8) is 0 Å². The standard InChI is InChI=1S/C9H11N5O3/c1-13-7-6(8(16)14(2)9(13)17)11-5(12-7)3-4(10)15/h3H2,1-2H3,(H2,10,15)(H,11,12). The van der Waals surface area contributed by atoms with Crippen molar-refractivity contribution >= 4 is 17.1 Å². The number of H-pyrrole nitrogens is 1. The van der Waals surface area contributed by atoms with Crippen molar-refractivity contribution in [2.75, 3.05) is 0 Å². The number of rotatable bonds is 2. The average molecular weight is 237 g/mol. The van der Waals surface area contributed by atoms with Crippen LogP contribution in [0.1, 0.15) is 5.82 Å². The van der Waals surface area contributed by atoms with Gasteiger partial charge in [0.25, 0.3) is 5.56 Å². The van der Waals surface area contributed by atoms with E-state index in [4.69, 9.17) is 5.73 Å². The van der Waals surface area contributed by atoms with Crippen molar-refractivity contribution in [2.45, 2.75) is 6.42 Å². The van der Waals surface area contributed by atoms with Crippen LogP contribution in [0.15, 0.2) is 9.59 Å². The van der Waals surface area contributed by atoms with E-state index < -0.39 is 17.2 Å². The van der Waals surface area contributed by atoms with Gasteiger partial charge in [-0.05, 0) is 0 Å². The van der Waals surface area contributed by atoms with Crippen LogP contribution >= 0.6 is 0 Å². The van der Waals surface area contributed by atoms with Gasteiger partial charge in [0.15, 0.2) is 5.65 Å². The summed E-state index contributed by atoms with van der Waals surface area (Å²) < 4.78 is 2.20. The zero-order valence-corrected chi connectivity index (χ0v) is 9.35. The molecule has 0 unspecified atom stereocenters. The Balaban J connectivity index is 2.82. The first-order valence-electron chi connectivity index (χ1n) is 4.84. The van der Waals surface area contributed by atoms with Crippen LogP contribution in [0.25, 0.3) is 11.2 Å². The van der Waals surface area contributed by atoms with Crippen LogP contribution in [-0.4, -0.2) is 25.0 Å². The van der Waals surface area contributed by atoms with E-state index in [-0.39, 0.29) is 23.4 Å². The molecule has 1 amide bonds. The van der Waals surface area contributed by atoms with E-state index in [1.807, 2.05) is 0 Å². The number of nitrogens with zero attached hydrogens (tertiary/aromatic N) is 3. The first-order valence-corrected chi connectivity index (χ1v) is 4.84. The number of nitrogens with two attached hydrogens (primary N) is 1. The fraction of sp³-hybridized carbons (Fsp3) is 0.333. The SMILES string of the molecule is Cn1c(=O)c2[nH]c(CC(N)=O)nc2n(C)c1=O. The summed E-state index contributed by atoms with van der Waals surface area (Å²) in [6, 6.07) is 0. The highest BCUT2D eigenvalue weighted by atomic mass is 16.2. The third-order valence-corrected chi connectivity index (χ3v) is 2.49. The molecule has 2 aromatic rings. The molecule has 0 radical (unpaired) electrons. The van der Waals surface area contributed by atoms with Crippen LogP contribution in [0.5, 0.6) is 0 Å². The summed E-state index contributed by atoms with van der Waals surface area (Å²) in [6.45, 7) is 0. The third kappa shape index (κ3) is 1.63. The number of carbonyl (C=O) groups excluding carboxylic acids is 1. The lowest BCUT2D eigenvalue weighted by molar-refractivity contribution is -0.117. The van der Waals surface area contributed by atoms with Gasteiger partial charge in [-0.3, -0.25) is 18.7 Å². The molecule has 0 atom stereocenters. The number of aryl methyl sites for hydroxylation is 1. The highest BCUT2D eigenvalue weighted by Crippen LogP contribution is 2.04. The van der Waals surface area contributed by atoms with Gasteiger partial charge in [0.05, 0.1) is 6.42 Å². The van der Waals surface area contributed by atoms with E-state index >= 15 is 0 Å². The molecule has 8 heteroatoms. The Bertz CT molecular complexity index is 721. The van der Waals surface area contributed by atoms with Crippen LogP contribution in [0.4, 0.5) is 0 Å². The number of nitrogens with one attached hydrogen (secondary N) is 1. The quantitative estimate of drug-likeness (QED) is 0.627. The largest absolute Gasteiger partial charge is 0.369 e. The molecule has 8 nitrogen and oxygen atoms in total. The number of imidazole rings is 1. The maximum atomic E-state index is 11.8. The van der Waals surface area contributed by atoms with Crippen molar-refractivity contribution < 1.29 is 4.79 Å². The molecular weight excluding hydrogens is 226 g/mol. The van der Waals surface area contributed by atoms with Gasteiger partial charge in [-0.15, -0.1) is 0 Å². The lowest BCUT2D eigenvalue weighted by Crippen LogP contribution is -2.36. The first-order chi connectivity index (χ1) is 7.91. The highest BCUT2D eigenvalue weighted by molar-refractivity contribution is 5.77. The summed E-state index contributed by atoms with van der Waals surface area (Å²) in [6.07, 6.45) is -0.105. The minimum atomic E-state index is -0.564. The normalized spacial score (nSPS) is 10.9. The van der Waals surface area contributed by atoms with Crippen LogP contribution in [0, 0.1) is 0 Å². The van der Waals surface area contributed by atoms with Gasteiger partial charge in [0, 0.05) is 14.1 Å². The summed E-state index contributed by atoms with van der Waals surface area (Å²) in [4.78, 5) is 40.8. The topological polar surface area (TPSA) is 116 Å². The molecule has 0 aliphatic rings. The van der Waals surface area contributed by atoms with Crippen molar-refractivity contribution in [2.24, 2.45) is 19.8 Å². The number of hydrogen-bond acceptors (Lipinski definition) is 4. The molecule has 0 saturated carbocycles. The first kappa shape index (κ1) is 11.1. The predicted octanol–water partition coefficient (Wildman–Crippen LogP) is -2.01. The highest BCUT2D eigenvalue weighted by Gasteiger charge is 2.13. The van der Waals surface area contributed by atoms with Crippen molar-refractivity contribution in [3.8, 4) is 0 Å². The molecule has 2 rings (SSSR count). The van der Waals surface area contributed by atoms with E-state index in [2.05, 4.69) is 9.97 Å². The molecule has 2 aromatic heterocycles. The fourth-order valence-electron chi connectivity index (χ4n) is 1.62. The van der Waals surface area contributed by atoms with Gasteiger partial charge in [-0.25, -0.2) is 9.78 Å². The number of amides is 1. The van der Waals surface area contributed by atoms with Crippen LogP contribution in [0.2, 0.25) is 0 Å². The van der Waals surface area contributed by atoms with Crippen LogP contribution < -0.4 is 17.0 Å². The Hall–Kier alpha value is -2.38. The smallest absolute Gasteiger partial charge is 0.332 e. The molecule has 0 spiro atoms. The zero-order valence-electron chi connectivity index (χ0n) is 9.35. The Morgan fingerprint density at radius 2 is 2.00 bits per heavy atom. The molecule has 0 bridgehead atoms. The minimum absolute atomic E-state index is 0.105. The van der Waals surface area contributed by atoms with Gasteiger partial charge in [0.2, 0.25) is 5.91 Å². The van der Waals surface area contributed by atoms with Crippen LogP contribution in [-0.2, 0) is 25.3 Å². The summed E-state index contributed by atoms with van der Waals surface area (Å²) in [7, 11) is 2.87. The number of carbonyl (C=O) groups is 1. The summed E-state index contributed by atoms with van der Waals surface area (Å²) in [5, 5.41) is 0. The molecule has 90 valence electrons. The van der Waals surface area contributed by atoms with Crippen molar-refractivity contribution in [1.29, 1.82) is 0 Å². The summed E-state index contributed by atoms with van der Waals surface area (Å²) in [5.74, 6) is -0.295. The maximum Gasteiger partial charge on any atom is 0.332 e. The Morgan fingerprint density at radius 1 is 1.35 bits per heavy atom. The van der Waals surface area contributed by atoms with E-state index in [1.165, 1.54) is 18.7 Å². The van der Waals surface area contributed by atoms with Crippen molar-refractivity contribution in [3.05, 3.63) is 26.7 Å². The molecule has 2 heterocycles. The van der Waals surface area contributed by atoms with E-state index in [0.717, 1.165) is 4.57 Å². The molecule has 0 saturated heterocycles. The number of aromatic nitrogens is 4. The molecular formula is C9H11N5O3. The maximum absolute atomic E-state index is 11.8. The van der Waals surface area contributed by atoms with Gasteiger partial charge in [0.1, 0.15) is 11.3 Å². The number of primary amides is 1. The summed E-state index contributed by atoms with van der Waals surface area (Å²) in [5.41, 5.74) is 4.48. The number of hydrogen-bond donors (Lipinski definition) is 2. The second-order valence-electron chi connectivity index (χ2n) is 3.73. The lowest BCUT2D eigenvalue weighted by atomic mass is 10.4. The van der Waals surface area contributed by atoms with Gasteiger partial charge < -0.3 is 10.7 Å². The Labute approximate surface area is 94.7 Å². The Morgan fingerprint density at radius 3 is 2.59 bits per heavy atom. The number of aromatic amines is 1. The molecule has 0 aromatic carbocycles. The molecule has 0 aliphatic carbocycles. The third-order valence-electron chi connectivity index (χ3n) is 2.49. The lowest BCUT2D eigenvalue weighted by Gasteiger charge is -2.00. The Kier molecular flexibility index (Phi) is 2.34. The molecule has 0 fully saturated rings. The fourth-order valence-corrected chi connectivity index (χ4v) is 1.62. The monoisotopic (exact) mass is 237 g/mol. The predicted molar refractivity (Wildman–Crippen MR) is 59.5 cm³/mol. The van der Waals surface area contributed by atoms with Gasteiger partial charge in [-0.1, -0.05) is 0 Å². The average Bonchev–Trinajstić information content (AvgIpc) is 2.66. The molecule has 3 N–H and O–H groups in total. The second-order valence-corrected chi connectivity index (χ2v) is 3.73. The summed E-state index contributed by atoms with van der Waals surface area (Å²) >= 11 is 0. The van der Waals surface area contributed by atoms with E-state index in [1.54, 1.807) is 0 Å². The van der Waals surface area contributed by atoms with E-state index in [9.17, 15) is 14.4 Å². The van der Waals surface area contributed by atoms with Crippen LogP contribution in [0.3, 0.4) is 0 Å². The number of fused-ring (bicyclic) bond motifs is 1. The molecule has 0 aliphatic heterocycles. The molecule has 17 heavy (non-hydrogen) atoms. The van der Waals surface area contributed by atoms with Gasteiger partial charge >= 0.3 is 5.69 Å². The van der Waals surface area contributed by atoms with Gasteiger partial charge in [-0.2, -0.15) is 0 Å². The van der Waals surface area contributed by atoms with E-state index in [0.29, 0.717) is 0 Å². The minimum Gasteiger partial charge on any atom is -0.369 e. The second kappa shape index (κ2) is 3.58. The zero-order chi connectivity index (χ0) is 12.7.